The lowest BCUT2D eigenvalue weighted by Crippen LogP contribution is -2.31. The maximum Gasteiger partial charge on any atom is 0.221 e. The lowest BCUT2D eigenvalue weighted by molar-refractivity contribution is -0.245. The molecule has 1 saturated heterocycles. The van der Waals surface area contributed by atoms with Crippen molar-refractivity contribution in [3.8, 4) is 0 Å². The number of thioether (sulfide) groups is 1. The highest BCUT2D eigenvalue weighted by atomic mass is 32.2. The maximum atomic E-state index is 11.5. The number of ether oxygens (including phenoxy) is 2. The summed E-state index contributed by atoms with van der Waals surface area (Å²) in [6, 6.07) is 21.2. The first kappa shape index (κ1) is 22.5. The van der Waals surface area contributed by atoms with Crippen molar-refractivity contribution in [3.63, 3.8) is 0 Å². The molecule has 1 amide bonds. The van der Waals surface area contributed by atoms with E-state index >= 15 is 0 Å². The molecule has 2 heterocycles. The summed E-state index contributed by atoms with van der Waals surface area (Å²) in [6.07, 6.45) is 1.73. The highest BCUT2D eigenvalue weighted by Gasteiger charge is 2.32. The van der Waals surface area contributed by atoms with E-state index in [0.717, 1.165) is 27.5 Å². The second kappa shape index (κ2) is 10.7. The van der Waals surface area contributed by atoms with Gasteiger partial charge in [-0.25, -0.2) is 4.98 Å². The fourth-order valence-electron chi connectivity index (χ4n) is 3.60. The van der Waals surface area contributed by atoms with E-state index in [-0.39, 0.29) is 24.7 Å². The van der Waals surface area contributed by atoms with Crippen LogP contribution in [-0.4, -0.2) is 27.9 Å². The van der Waals surface area contributed by atoms with E-state index in [1.807, 2.05) is 66.7 Å². The first-order valence-corrected chi connectivity index (χ1v) is 11.5. The molecular formula is C25H26N2O4S. The zero-order valence-corrected chi connectivity index (χ0v) is 18.6. The van der Waals surface area contributed by atoms with E-state index in [1.165, 1.54) is 6.92 Å². The van der Waals surface area contributed by atoms with Gasteiger partial charge in [-0.1, -0.05) is 42.5 Å². The second-order valence-electron chi connectivity index (χ2n) is 7.64. The van der Waals surface area contributed by atoms with Gasteiger partial charge in [0.2, 0.25) is 5.91 Å². The summed E-state index contributed by atoms with van der Waals surface area (Å²) < 4.78 is 12.7. The van der Waals surface area contributed by atoms with Crippen molar-refractivity contribution < 1.29 is 19.4 Å². The van der Waals surface area contributed by atoms with Crippen LogP contribution in [0.2, 0.25) is 0 Å². The number of nitrogens with one attached hydrogen (secondary N) is 1. The Bertz CT molecular complexity index is 1030. The Balaban J connectivity index is 1.55. The van der Waals surface area contributed by atoms with Gasteiger partial charge in [0, 0.05) is 36.5 Å². The van der Waals surface area contributed by atoms with E-state index in [2.05, 4.69) is 10.3 Å². The molecule has 0 aliphatic carbocycles. The van der Waals surface area contributed by atoms with E-state index in [9.17, 15) is 9.90 Å². The van der Waals surface area contributed by atoms with E-state index < -0.39 is 6.29 Å². The summed E-state index contributed by atoms with van der Waals surface area (Å²) in [5, 5.41) is 13.1. The summed E-state index contributed by atoms with van der Waals surface area (Å²) in [5.41, 5.74) is 3.46. The van der Waals surface area contributed by atoms with Crippen molar-refractivity contribution in [1.82, 2.24) is 4.98 Å². The van der Waals surface area contributed by atoms with Crippen molar-refractivity contribution in [2.45, 2.75) is 43.5 Å². The van der Waals surface area contributed by atoms with Crippen LogP contribution in [0.4, 0.5) is 5.69 Å². The third-order valence-electron chi connectivity index (χ3n) is 5.15. The average Bonchev–Trinajstić information content (AvgIpc) is 2.83. The molecule has 0 saturated carbocycles. The molecule has 1 fully saturated rings. The Morgan fingerprint density at radius 2 is 1.94 bits per heavy atom. The van der Waals surface area contributed by atoms with Crippen molar-refractivity contribution in [2.75, 3.05) is 11.1 Å². The molecule has 6 nitrogen and oxygen atoms in total. The molecular weight excluding hydrogens is 424 g/mol. The molecule has 4 rings (SSSR count). The standard InChI is InChI=1S/C25H26N2O4S/c1-17(29)27-21-6-4-5-20(13-21)25-30-22(16-32-24-7-2-3-12-26-24)14-23(31-25)19-10-8-18(15-28)9-11-19/h2-13,22-23,25,28H,14-16H2,1H3,(H,27,29)/t22-,23+,25+/m0/s1. The summed E-state index contributed by atoms with van der Waals surface area (Å²) in [7, 11) is 0. The molecule has 2 aromatic carbocycles. The van der Waals surface area contributed by atoms with Crippen LogP contribution in [0.15, 0.2) is 78.0 Å². The van der Waals surface area contributed by atoms with Crippen molar-refractivity contribution in [1.29, 1.82) is 0 Å². The fraction of sp³-hybridized carbons (Fsp3) is 0.280. The third kappa shape index (κ3) is 5.95. The normalized spacial score (nSPS) is 20.6. The average molecular weight is 451 g/mol. The summed E-state index contributed by atoms with van der Waals surface area (Å²) >= 11 is 1.66. The molecule has 0 spiro atoms. The molecule has 2 N–H and O–H groups in total. The molecule has 32 heavy (non-hydrogen) atoms. The summed E-state index contributed by atoms with van der Waals surface area (Å²) in [5.74, 6) is 0.618. The van der Waals surface area contributed by atoms with Crippen molar-refractivity contribution in [3.05, 3.63) is 89.6 Å². The predicted octanol–water partition coefficient (Wildman–Crippen LogP) is 4.87. The molecule has 0 bridgehead atoms. The number of aliphatic hydroxyl groups is 1. The Morgan fingerprint density at radius 1 is 1.09 bits per heavy atom. The van der Waals surface area contributed by atoms with Gasteiger partial charge in [-0.3, -0.25) is 4.79 Å². The minimum atomic E-state index is -0.561. The number of aliphatic hydroxyl groups excluding tert-OH is 1. The van der Waals surface area contributed by atoms with Crippen LogP contribution < -0.4 is 5.32 Å². The number of rotatable bonds is 7. The number of carbonyl (C=O) groups is 1. The quantitative estimate of drug-likeness (QED) is 0.500. The van der Waals surface area contributed by atoms with E-state index in [4.69, 9.17) is 9.47 Å². The van der Waals surface area contributed by atoms with Gasteiger partial charge in [0.05, 0.1) is 23.8 Å². The second-order valence-corrected chi connectivity index (χ2v) is 8.68. The topological polar surface area (TPSA) is 80.7 Å². The first-order valence-electron chi connectivity index (χ1n) is 10.5. The molecule has 3 aromatic rings. The Labute approximate surface area is 192 Å². The van der Waals surface area contributed by atoms with Crippen LogP contribution in [0.3, 0.4) is 0 Å². The van der Waals surface area contributed by atoms with Crippen LogP contribution in [-0.2, 0) is 20.9 Å². The van der Waals surface area contributed by atoms with E-state index in [1.54, 1.807) is 18.0 Å². The minimum Gasteiger partial charge on any atom is -0.392 e. The Kier molecular flexibility index (Phi) is 7.55. The number of amides is 1. The first-order chi connectivity index (χ1) is 15.6. The number of pyridine rings is 1. The number of hydrogen-bond acceptors (Lipinski definition) is 6. The molecule has 1 aromatic heterocycles. The molecule has 0 unspecified atom stereocenters. The molecule has 1 aliphatic heterocycles. The van der Waals surface area contributed by atoms with Gasteiger partial charge >= 0.3 is 0 Å². The minimum absolute atomic E-state index is 0.0107. The predicted molar refractivity (Wildman–Crippen MR) is 124 cm³/mol. The number of nitrogens with zero attached hydrogens (tertiary/aromatic N) is 1. The van der Waals surface area contributed by atoms with Gasteiger partial charge < -0.3 is 19.9 Å². The third-order valence-corrected chi connectivity index (χ3v) is 6.22. The van der Waals surface area contributed by atoms with Crippen molar-refractivity contribution in [2.24, 2.45) is 0 Å². The Morgan fingerprint density at radius 3 is 2.66 bits per heavy atom. The Hall–Kier alpha value is -2.71. The molecule has 3 atom stereocenters. The number of carbonyl (C=O) groups excluding carboxylic acids is 1. The van der Waals surface area contributed by atoms with Gasteiger partial charge in [0.25, 0.3) is 0 Å². The highest BCUT2D eigenvalue weighted by Crippen LogP contribution is 2.39. The van der Waals surface area contributed by atoms with Crippen molar-refractivity contribution >= 4 is 23.4 Å². The van der Waals surface area contributed by atoms with Crippen LogP contribution in [0.5, 0.6) is 0 Å². The monoisotopic (exact) mass is 450 g/mol. The van der Waals surface area contributed by atoms with Crippen LogP contribution in [0, 0.1) is 0 Å². The molecule has 7 heteroatoms. The van der Waals surface area contributed by atoms with Gasteiger partial charge in [0.15, 0.2) is 6.29 Å². The van der Waals surface area contributed by atoms with E-state index in [0.29, 0.717) is 12.1 Å². The highest BCUT2D eigenvalue weighted by molar-refractivity contribution is 7.99. The zero-order valence-electron chi connectivity index (χ0n) is 17.8. The number of benzene rings is 2. The van der Waals surface area contributed by atoms with Gasteiger partial charge in [-0.2, -0.15) is 0 Å². The SMILES string of the molecule is CC(=O)Nc1cccc([C@@H]2O[C@H](CSc3ccccn3)C[C@H](c3ccc(CO)cc3)O2)c1. The maximum absolute atomic E-state index is 11.5. The lowest BCUT2D eigenvalue weighted by Gasteiger charge is -2.36. The van der Waals surface area contributed by atoms with Crippen LogP contribution in [0.1, 0.15) is 42.4 Å². The smallest absolute Gasteiger partial charge is 0.221 e. The number of anilines is 1. The molecule has 1 aliphatic rings. The molecule has 0 radical (unpaired) electrons. The number of hydrogen-bond donors (Lipinski definition) is 2. The largest absolute Gasteiger partial charge is 0.392 e. The van der Waals surface area contributed by atoms with Gasteiger partial charge in [-0.05, 0) is 35.4 Å². The zero-order chi connectivity index (χ0) is 22.3. The van der Waals surface area contributed by atoms with Crippen LogP contribution in [0.25, 0.3) is 0 Å². The summed E-state index contributed by atoms with van der Waals surface area (Å²) in [4.78, 5) is 15.9. The fourth-order valence-corrected chi connectivity index (χ4v) is 4.48. The number of aromatic nitrogens is 1. The lowest BCUT2D eigenvalue weighted by atomic mass is 10.0. The van der Waals surface area contributed by atoms with Gasteiger partial charge in [0.1, 0.15) is 0 Å². The summed E-state index contributed by atoms with van der Waals surface area (Å²) in [6.45, 7) is 1.49. The van der Waals surface area contributed by atoms with Crippen LogP contribution >= 0.6 is 11.8 Å². The molecule has 166 valence electrons. The van der Waals surface area contributed by atoms with Gasteiger partial charge in [-0.15, -0.1) is 11.8 Å².